The maximum atomic E-state index is 5.66. The molecule has 0 aromatic heterocycles. The van der Waals surface area contributed by atoms with Gasteiger partial charge in [0.1, 0.15) is 5.75 Å². The summed E-state index contributed by atoms with van der Waals surface area (Å²) in [6.45, 7) is 4.34. The van der Waals surface area contributed by atoms with Gasteiger partial charge < -0.3 is 15.4 Å². The molecule has 0 radical (unpaired) electrons. The number of allylic oxidation sites excluding steroid dienone is 1. The van der Waals surface area contributed by atoms with Gasteiger partial charge in [0.25, 0.3) is 0 Å². The van der Waals surface area contributed by atoms with Crippen LogP contribution in [0, 0.1) is 0 Å². The first kappa shape index (κ1) is 14.0. The van der Waals surface area contributed by atoms with Crippen molar-refractivity contribution >= 4 is 6.21 Å². The van der Waals surface area contributed by atoms with Crippen LogP contribution >= 0.6 is 0 Å². The third kappa shape index (κ3) is 4.43. The molecule has 0 aliphatic heterocycles. The lowest BCUT2D eigenvalue weighted by Gasteiger charge is -2.14. The molecule has 18 heavy (non-hydrogen) atoms. The summed E-state index contributed by atoms with van der Waals surface area (Å²) in [5.41, 5.74) is 6.55. The largest absolute Gasteiger partial charge is 0.437 e. The Kier molecular flexibility index (Phi) is 5.67. The molecule has 4 nitrogen and oxygen atoms in total. The third-order valence-corrected chi connectivity index (χ3v) is 2.12. The predicted molar refractivity (Wildman–Crippen MR) is 75.4 cm³/mol. The van der Waals surface area contributed by atoms with Crippen molar-refractivity contribution in [3.05, 3.63) is 54.6 Å². The van der Waals surface area contributed by atoms with Crippen molar-refractivity contribution in [3.8, 4) is 5.75 Å². The van der Waals surface area contributed by atoms with Crippen LogP contribution in [-0.2, 0) is 6.54 Å². The molecule has 0 aliphatic carbocycles. The van der Waals surface area contributed by atoms with Gasteiger partial charge in [-0.05, 0) is 20.2 Å². The van der Waals surface area contributed by atoms with E-state index in [9.17, 15) is 0 Å². The van der Waals surface area contributed by atoms with Gasteiger partial charge >= 0.3 is 0 Å². The molecular formula is C14H19N3O. The van der Waals surface area contributed by atoms with Crippen LogP contribution in [0.4, 0.5) is 0 Å². The monoisotopic (exact) mass is 245 g/mol. The van der Waals surface area contributed by atoms with Crippen molar-refractivity contribution in [3.63, 3.8) is 0 Å². The highest BCUT2D eigenvalue weighted by Crippen LogP contribution is 2.21. The van der Waals surface area contributed by atoms with Gasteiger partial charge in [0.05, 0.1) is 6.20 Å². The minimum absolute atomic E-state index is 0.348. The minimum atomic E-state index is 0.348. The maximum Gasteiger partial charge on any atom is 0.234 e. The molecule has 0 saturated heterocycles. The zero-order valence-corrected chi connectivity index (χ0v) is 10.8. The fourth-order valence-corrected chi connectivity index (χ4v) is 1.42. The summed E-state index contributed by atoms with van der Waals surface area (Å²) in [6, 6.07) is 7.80. The highest BCUT2D eigenvalue weighted by Gasteiger charge is 2.05. The van der Waals surface area contributed by atoms with Gasteiger partial charge in [-0.15, -0.1) is 0 Å². The highest BCUT2D eigenvalue weighted by atomic mass is 16.5. The molecule has 0 bridgehead atoms. The van der Waals surface area contributed by atoms with E-state index in [2.05, 4.69) is 16.5 Å². The van der Waals surface area contributed by atoms with E-state index in [0.717, 1.165) is 17.9 Å². The van der Waals surface area contributed by atoms with E-state index < -0.39 is 0 Å². The number of benzene rings is 1. The van der Waals surface area contributed by atoms with Gasteiger partial charge in [-0.1, -0.05) is 30.9 Å². The number of ether oxygens (including phenoxy) is 1. The Bertz CT molecular complexity index is 450. The second kappa shape index (κ2) is 7.29. The van der Waals surface area contributed by atoms with E-state index in [1.54, 1.807) is 6.08 Å². The topological polar surface area (TPSA) is 50.9 Å². The Morgan fingerprint density at radius 1 is 1.44 bits per heavy atom. The van der Waals surface area contributed by atoms with Gasteiger partial charge in [0, 0.05) is 18.3 Å². The SMILES string of the molecule is C=C/C=N\C(=C/N)Oc1ccccc1CN(C)C. The molecule has 0 spiro atoms. The Hall–Kier alpha value is -2.07. The van der Waals surface area contributed by atoms with Gasteiger partial charge in [0.15, 0.2) is 0 Å². The number of hydrogen-bond donors (Lipinski definition) is 1. The quantitative estimate of drug-likeness (QED) is 0.617. The molecule has 0 amide bonds. The van der Waals surface area contributed by atoms with E-state index in [4.69, 9.17) is 10.5 Å². The van der Waals surface area contributed by atoms with Crippen molar-refractivity contribution in [2.24, 2.45) is 10.7 Å². The van der Waals surface area contributed by atoms with Gasteiger partial charge in [-0.3, -0.25) is 0 Å². The molecule has 1 rings (SSSR count). The van der Waals surface area contributed by atoms with Gasteiger partial charge in [0.2, 0.25) is 5.88 Å². The van der Waals surface area contributed by atoms with Crippen LogP contribution in [0.1, 0.15) is 5.56 Å². The zero-order valence-electron chi connectivity index (χ0n) is 10.8. The molecule has 0 fully saturated rings. The van der Waals surface area contributed by atoms with Crippen LogP contribution in [0.25, 0.3) is 0 Å². The lowest BCUT2D eigenvalue weighted by molar-refractivity contribution is 0.374. The lowest BCUT2D eigenvalue weighted by Crippen LogP contribution is -2.12. The number of aliphatic imine (C=N–C) groups is 1. The molecule has 0 heterocycles. The molecule has 0 aliphatic rings. The minimum Gasteiger partial charge on any atom is -0.437 e. The van der Waals surface area contributed by atoms with Gasteiger partial charge in [-0.2, -0.15) is 0 Å². The van der Waals surface area contributed by atoms with Crippen LogP contribution in [0.3, 0.4) is 0 Å². The average molecular weight is 245 g/mol. The predicted octanol–water partition coefficient (Wildman–Crippen LogP) is 2.14. The molecule has 1 aromatic carbocycles. The fourth-order valence-electron chi connectivity index (χ4n) is 1.42. The molecule has 0 saturated carbocycles. The van der Waals surface area contributed by atoms with E-state index in [1.807, 2.05) is 38.4 Å². The second-order valence-corrected chi connectivity index (χ2v) is 3.97. The molecule has 0 atom stereocenters. The Labute approximate surface area is 108 Å². The lowest BCUT2D eigenvalue weighted by atomic mass is 10.2. The number of rotatable bonds is 6. The van der Waals surface area contributed by atoms with Gasteiger partial charge in [-0.25, -0.2) is 4.99 Å². The summed E-state index contributed by atoms with van der Waals surface area (Å²) in [6.07, 6.45) is 4.43. The van der Waals surface area contributed by atoms with Crippen molar-refractivity contribution in [2.45, 2.75) is 6.54 Å². The van der Waals surface area contributed by atoms with Crippen LogP contribution in [0.5, 0.6) is 5.75 Å². The van der Waals surface area contributed by atoms with Crippen molar-refractivity contribution in [1.29, 1.82) is 0 Å². The van der Waals surface area contributed by atoms with E-state index in [0.29, 0.717) is 5.88 Å². The molecule has 96 valence electrons. The molecule has 4 heteroatoms. The molecule has 1 aromatic rings. The molecular weight excluding hydrogens is 226 g/mol. The number of para-hydroxylation sites is 1. The summed E-state index contributed by atoms with van der Waals surface area (Å²) in [5, 5.41) is 0. The van der Waals surface area contributed by atoms with E-state index in [-0.39, 0.29) is 0 Å². The maximum absolute atomic E-state index is 5.66. The fraction of sp³-hybridized carbons (Fsp3) is 0.214. The summed E-state index contributed by atoms with van der Waals surface area (Å²) in [5.74, 6) is 1.10. The standard InChI is InChI=1S/C14H19N3O/c1-4-9-16-14(10-15)18-13-8-6-5-7-12(13)11-17(2)3/h4-10H,1,11,15H2,2-3H3/b14-10+,16-9-. The molecule has 0 unspecified atom stereocenters. The smallest absolute Gasteiger partial charge is 0.234 e. The number of hydrogen-bond acceptors (Lipinski definition) is 4. The van der Waals surface area contributed by atoms with Crippen LogP contribution in [0.2, 0.25) is 0 Å². The van der Waals surface area contributed by atoms with Crippen molar-refractivity contribution in [1.82, 2.24) is 4.90 Å². The van der Waals surface area contributed by atoms with Crippen LogP contribution in [-0.4, -0.2) is 25.2 Å². The average Bonchev–Trinajstić information content (AvgIpc) is 2.35. The second-order valence-electron chi connectivity index (χ2n) is 3.97. The summed E-state index contributed by atoms with van der Waals surface area (Å²) in [7, 11) is 4.01. The normalized spacial score (nSPS) is 12.1. The first-order chi connectivity index (χ1) is 8.67. The number of nitrogens with two attached hydrogens (primary N) is 1. The van der Waals surface area contributed by atoms with E-state index in [1.165, 1.54) is 12.4 Å². The van der Waals surface area contributed by atoms with Crippen LogP contribution in [0.15, 0.2) is 54.0 Å². The third-order valence-electron chi connectivity index (χ3n) is 2.12. The van der Waals surface area contributed by atoms with Crippen molar-refractivity contribution < 1.29 is 4.74 Å². The Morgan fingerprint density at radius 3 is 2.78 bits per heavy atom. The van der Waals surface area contributed by atoms with E-state index >= 15 is 0 Å². The van der Waals surface area contributed by atoms with Crippen LogP contribution < -0.4 is 10.5 Å². The zero-order chi connectivity index (χ0) is 13.4. The Balaban J connectivity index is 2.89. The highest BCUT2D eigenvalue weighted by molar-refractivity contribution is 5.71. The first-order valence-corrected chi connectivity index (χ1v) is 5.65. The first-order valence-electron chi connectivity index (χ1n) is 5.65. The summed E-state index contributed by atoms with van der Waals surface area (Å²) in [4.78, 5) is 6.10. The summed E-state index contributed by atoms with van der Waals surface area (Å²) >= 11 is 0. The summed E-state index contributed by atoms with van der Waals surface area (Å²) < 4.78 is 5.66. The van der Waals surface area contributed by atoms with Crippen molar-refractivity contribution in [2.75, 3.05) is 14.1 Å². The Morgan fingerprint density at radius 2 is 2.17 bits per heavy atom. The number of nitrogens with zero attached hydrogens (tertiary/aromatic N) is 2. The molecule has 2 N–H and O–H groups in total.